The van der Waals surface area contributed by atoms with Gasteiger partial charge in [-0.05, 0) is 55.4 Å². The molecule has 0 saturated carbocycles. The van der Waals surface area contributed by atoms with Crippen molar-refractivity contribution in [2.24, 2.45) is 0 Å². The van der Waals surface area contributed by atoms with Crippen molar-refractivity contribution in [2.45, 2.75) is 38.5 Å². The molecule has 3 rings (SSSR count). The number of carbonyl (C=O) groups excluding carboxylic acids is 1. The van der Waals surface area contributed by atoms with Crippen LogP contribution in [-0.2, 0) is 24.1 Å². The standard InChI is InChI=1S/C19H20N2O3/c22-18(10-9-13-5-1-3-7-16(13)19(23)24)21-15-11-14-6-2-4-8-17(14)20-12-15/h1,3,5,7,11-12H,2,4,6,8-10H2,(H,21,22)(H,23,24). The highest BCUT2D eigenvalue weighted by molar-refractivity contribution is 5.92. The molecule has 0 aliphatic heterocycles. The lowest BCUT2D eigenvalue weighted by Crippen LogP contribution is -2.15. The first kappa shape index (κ1) is 16.2. The van der Waals surface area contributed by atoms with E-state index in [0.717, 1.165) is 25.0 Å². The highest BCUT2D eigenvalue weighted by atomic mass is 16.4. The second-order valence-electron chi connectivity index (χ2n) is 6.05. The third-order valence-corrected chi connectivity index (χ3v) is 4.32. The normalized spacial score (nSPS) is 13.2. The number of amides is 1. The van der Waals surface area contributed by atoms with Gasteiger partial charge < -0.3 is 10.4 Å². The number of nitrogens with zero attached hydrogens (tertiary/aromatic N) is 1. The van der Waals surface area contributed by atoms with E-state index < -0.39 is 5.97 Å². The number of pyridine rings is 1. The molecule has 124 valence electrons. The summed E-state index contributed by atoms with van der Waals surface area (Å²) in [6.45, 7) is 0. The van der Waals surface area contributed by atoms with Crippen LogP contribution in [0.15, 0.2) is 36.5 Å². The topological polar surface area (TPSA) is 79.3 Å². The van der Waals surface area contributed by atoms with Gasteiger partial charge in [0.05, 0.1) is 17.4 Å². The van der Waals surface area contributed by atoms with Crippen LogP contribution in [0.3, 0.4) is 0 Å². The zero-order valence-corrected chi connectivity index (χ0v) is 13.4. The molecule has 1 aromatic carbocycles. The molecule has 2 N–H and O–H groups in total. The molecule has 1 heterocycles. The number of benzene rings is 1. The highest BCUT2D eigenvalue weighted by Gasteiger charge is 2.13. The predicted molar refractivity (Wildman–Crippen MR) is 91.2 cm³/mol. The molecule has 0 fully saturated rings. The monoisotopic (exact) mass is 324 g/mol. The second kappa shape index (κ2) is 7.25. The Hall–Kier alpha value is -2.69. The van der Waals surface area contributed by atoms with E-state index in [-0.39, 0.29) is 17.9 Å². The molecule has 1 amide bonds. The molecule has 0 bridgehead atoms. The molecule has 1 aliphatic carbocycles. The zero-order chi connectivity index (χ0) is 16.9. The van der Waals surface area contributed by atoms with Crippen molar-refractivity contribution in [3.63, 3.8) is 0 Å². The summed E-state index contributed by atoms with van der Waals surface area (Å²) in [5.41, 5.74) is 3.99. The van der Waals surface area contributed by atoms with Gasteiger partial charge in [0.2, 0.25) is 5.91 Å². The molecule has 5 nitrogen and oxygen atoms in total. The van der Waals surface area contributed by atoms with Crippen LogP contribution < -0.4 is 5.32 Å². The van der Waals surface area contributed by atoms with Gasteiger partial charge in [0.15, 0.2) is 0 Å². The summed E-state index contributed by atoms with van der Waals surface area (Å²) in [4.78, 5) is 27.8. The van der Waals surface area contributed by atoms with Crippen molar-refractivity contribution in [1.82, 2.24) is 4.98 Å². The average molecular weight is 324 g/mol. The molecule has 0 spiro atoms. The number of fused-ring (bicyclic) bond motifs is 1. The number of hydrogen-bond acceptors (Lipinski definition) is 3. The molecule has 5 heteroatoms. The fourth-order valence-corrected chi connectivity index (χ4v) is 3.08. The fraction of sp³-hybridized carbons (Fsp3) is 0.316. The number of aromatic carboxylic acids is 1. The minimum atomic E-state index is -0.968. The summed E-state index contributed by atoms with van der Waals surface area (Å²) in [5, 5.41) is 12.0. The predicted octanol–water partition coefficient (Wildman–Crippen LogP) is 3.23. The smallest absolute Gasteiger partial charge is 0.335 e. The molecule has 0 radical (unpaired) electrons. The first-order valence-electron chi connectivity index (χ1n) is 8.22. The van der Waals surface area contributed by atoms with Crippen LogP contribution in [0.1, 0.15) is 46.4 Å². The Bertz CT molecular complexity index is 771. The minimum absolute atomic E-state index is 0.132. The van der Waals surface area contributed by atoms with Crippen molar-refractivity contribution in [2.75, 3.05) is 5.32 Å². The van der Waals surface area contributed by atoms with Crippen LogP contribution in [0, 0.1) is 0 Å². The van der Waals surface area contributed by atoms with Crippen LogP contribution >= 0.6 is 0 Å². The largest absolute Gasteiger partial charge is 0.478 e. The third-order valence-electron chi connectivity index (χ3n) is 4.32. The molecule has 1 aromatic heterocycles. The molecule has 2 aromatic rings. The molecule has 0 unspecified atom stereocenters. The van der Waals surface area contributed by atoms with E-state index in [0.29, 0.717) is 17.7 Å². The Morgan fingerprint density at radius 1 is 1.17 bits per heavy atom. The number of aryl methyl sites for hydroxylation is 3. The number of carboxylic acids is 1. The SMILES string of the molecule is O=C(CCc1ccccc1C(=O)O)Nc1cnc2c(c1)CCCC2. The van der Waals surface area contributed by atoms with Gasteiger partial charge in [0.25, 0.3) is 0 Å². The van der Waals surface area contributed by atoms with E-state index in [4.69, 9.17) is 5.11 Å². The van der Waals surface area contributed by atoms with Gasteiger partial charge in [0, 0.05) is 12.1 Å². The van der Waals surface area contributed by atoms with Crippen LogP contribution in [0.4, 0.5) is 5.69 Å². The summed E-state index contributed by atoms with van der Waals surface area (Å²) in [5.74, 6) is -1.10. The molecular formula is C19H20N2O3. The van der Waals surface area contributed by atoms with E-state index in [1.165, 1.54) is 12.0 Å². The number of aromatic nitrogens is 1. The molecule has 0 saturated heterocycles. The lowest BCUT2D eigenvalue weighted by atomic mass is 9.96. The lowest BCUT2D eigenvalue weighted by molar-refractivity contribution is -0.116. The Morgan fingerprint density at radius 2 is 1.96 bits per heavy atom. The number of carbonyl (C=O) groups is 2. The van der Waals surface area contributed by atoms with E-state index in [1.54, 1.807) is 30.5 Å². The number of rotatable bonds is 5. The Labute approximate surface area is 140 Å². The number of hydrogen-bond donors (Lipinski definition) is 2. The van der Waals surface area contributed by atoms with Gasteiger partial charge in [-0.25, -0.2) is 4.79 Å². The van der Waals surface area contributed by atoms with Crippen LogP contribution in [0.25, 0.3) is 0 Å². The second-order valence-corrected chi connectivity index (χ2v) is 6.05. The molecule has 24 heavy (non-hydrogen) atoms. The highest BCUT2D eigenvalue weighted by Crippen LogP contribution is 2.22. The average Bonchev–Trinajstić information content (AvgIpc) is 2.60. The summed E-state index contributed by atoms with van der Waals surface area (Å²) in [7, 11) is 0. The van der Waals surface area contributed by atoms with E-state index in [1.807, 2.05) is 6.07 Å². The van der Waals surface area contributed by atoms with Crippen molar-refractivity contribution in [3.8, 4) is 0 Å². The van der Waals surface area contributed by atoms with Crippen molar-refractivity contribution < 1.29 is 14.7 Å². The van der Waals surface area contributed by atoms with Gasteiger partial charge in [-0.1, -0.05) is 18.2 Å². The zero-order valence-electron chi connectivity index (χ0n) is 13.4. The summed E-state index contributed by atoms with van der Waals surface area (Å²) in [6, 6.07) is 8.78. The van der Waals surface area contributed by atoms with Crippen molar-refractivity contribution in [1.29, 1.82) is 0 Å². The van der Waals surface area contributed by atoms with Gasteiger partial charge in [-0.15, -0.1) is 0 Å². The number of carboxylic acid groups (broad SMARTS) is 1. The maximum absolute atomic E-state index is 12.1. The number of anilines is 1. The Kier molecular flexibility index (Phi) is 4.89. The molecule has 1 aliphatic rings. The minimum Gasteiger partial charge on any atom is -0.478 e. The van der Waals surface area contributed by atoms with Crippen molar-refractivity contribution in [3.05, 3.63) is 58.9 Å². The molecular weight excluding hydrogens is 304 g/mol. The van der Waals surface area contributed by atoms with Crippen LogP contribution in [0.5, 0.6) is 0 Å². The lowest BCUT2D eigenvalue weighted by Gasteiger charge is -2.15. The summed E-state index contributed by atoms with van der Waals surface area (Å²) < 4.78 is 0. The van der Waals surface area contributed by atoms with Gasteiger partial charge in [-0.3, -0.25) is 9.78 Å². The Balaban J connectivity index is 1.61. The van der Waals surface area contributed by atoms with E-state index in [2.05, 4.69) is 10.3 Å². The summed E-state index contributed by atoms with van der Waals surface area (Å²) >= 11 is 0. The van der Waals surface area contributed by atoms with Gasteiger partial charge >= 0.3 is 5.97 Å². The first-order valence-corrected chi connectivity index (χ1v) is 8.22. The van der Waals surface area contributed by atoms with Crippen molar-refractivity contribution >= 4 is 17.6 Å². The third kappa shape index (κ3) is 3.79. The molecule has 0 atom stereocenters. The van der Waals surface area contributed by atoms with E-state index >= 15 is 0 Å². The quantitative estimate of drug-likeness (QED) is 0.885. The van der Waals surface area contributed by atoms with Crippen LogP contribution in [-0.4, -0.2) is 22.0 Å². The maximum atomic E-state index is 12.1. The number of nitrogens with one attached hydrogen (secondary N) is 1. The van der Waals surface area contributed by atoms with Gasteiger partial charge in [0.1, 0.15) is 0 Å². The maximum Gasteiger partial charge on any atom is 0.335 e. The Morgan fingerprint density at radius 3 is 2.79 bits per heavy atom. The van der Waals surface area contributed by atoms with E-state index in [9.17, 15) is 9.59 Å². The van der Waals surface area contributed by atoms with Gasteiger partial charge in [-0.2, -0.15) is 0 Å². The van der Waals surface area contributed by atoms with Crippen LogP contribution in [0.2, 0.25) is 0 Å². The summed E-state index contributed by atoms with van der Waals surface area (Å²) in [6.07, 6.45) is 6.70. The first-order chi connectivity index (χ1) is 11.6. The fourth-order valence-electron chi connectivity index (χ4n) is 3.08.